The fourth-order valence-corrected chi connectivity index (χ4v) is 2.68. The molecule has 0 fully saturated rings. The normalized spacial score (nSPS) is 10.8. The molecule has 3 rings (SSSR count). The maximum absolute atomic E-state index is 12.2. The van der Waals surface area contributed by atoms with E-state index in [-0.39, 0.29) is 5.91 Å². The lowest BCUT2D eigenvalue weighted by molar-refractivity contribution is -0.116. The number of benzene rings is 1. The largest absolute Gasteiger partial charge is 0.493 e. The highest BCUT2D eigenvalue weighted by Gasteiger charge is 2.09. The van der Waals surface area contributed by atoms with Crippen LogP contribution >= 0.6 is 0 Å². The predicted octanol–water partition coefficient (Wildman–Crippen LogP) is 2.83. The Labute approximate surface area is 163 Å². The molecule has 1 aromatic carbocycles. The molecular formula is C21H22N4O3. The van der Waals surface area contributed by atoms with Crippen LogP contribution in [0.1, 0.15) is 11.3 Å². The molecule has 0 spiro atoms. The molecule has 0 radical (unpaired) electrons. The third-order valence-electron chi connectivity index (χ3n) is 4.18. The number of amides is 1. The zero-order chi connectivity index (χ0) is 19.9. The van der Waals surface area contributed by atoms with Crippen molar-refractivity contribution in [2.24, 2.45) is 7.05 Å². The molecule has 0 atom stereocenters. The fraction of sp³-hybridized carbons (Fsp3) is 0.190. The molecule has 7 nitrogen and oxygen atoms in total. The number of nitrogens with one attached hydrogen (secondary N) is 1. The molecule has 0 saturated carbocycles. The summed E-state index contributed by atoms with van der Waals surface area (Å²) >= 11 is 0. The number of hydrogen-bond acceptors (Lipinski definition) is 5. The number of ether oxygens (including phenoxy) is 2. The highest BCUT2D eigenvalue weighted by Crippen LogP contribution is 2.27. The zero-order valence-corrected chi connectivity index (χ0v) is 16.0. The number of pyridine rings is 1. The Kier molecular flexibility index (Phi) is 6.06. The standard InChI is InChI=1S/C21H22N4O3/c1-25-16(13-18(24-25)17-6-4-5-11-22-17)14-23-21(26)10-8-15-7-9-19(27-2)20(12-15)28-3/h4-13H,14H2,1-3H3,(H,23,26)/b10-8+. The molecule has 28 heavy (non-hydrogen) atoms. The van der Waals surface area contributed by atoms with Gasteiger partial charge in [-0.2, -0.15) is 5.10 Å². The van der Waals surface area contributed by atoms with Crippen molar-refractivity contribution in [2.45, 2.75) is 6.54 Å². The van der Waals surface area contributed by atoms with Crippen molar-refractivity contribution in [2.75, 3.05) is 14.2 Å². The summed E-state index contributed by atoms with van der Waals surface area (Å²) in [6, 6.07) is 13.0. The molecule has 0 aliphatic rings. The van der Waals surface area contributed by atoms with Gasteiger partial charge in [0, 0.05) is 19.3 Å². The molecule has 144 valence electrons. The Morgan fingerprint density at radius 3 is 2.64 bits per heavy atom. The van der Waals surface area contributed by atoms with Gasteiger partial charge >= 0.3 is 0 Å². The molecule has 0 bridgehead atoms. The van der Waals surface area contributed by atoms with E-state index in [1.54, 1.807) is 37.2 Å². The summed E-state index contributed by atoms with van der Waals surface area (Å²) in [4.78, 5) is 16.5. The maximum Gasteiger partial charge on any atom is 0.244 e. The minimum absolute atomic E-state index is 0.199. The van der Waals surface area contributed by atoms with Crippen molar-refractivity contribution in [1.29, 1.82) is 0 Å². The van der Waals surface area contributed by atoms with Crippen molar-refractivity contribution in [3.63, 3.8) is 0 Å². The molecule has 1 amide bonds. The summed E-state index contributed by atoms with van der Waals surface area (Å²) in [5.74, 6) is 1.06. The minimum atomic E-state index is -0.199. The average Bonchev–Trinajstić information content (AvgIpc) is 3.11. The molecule has 0 unspecified atom stereocenters. The first kappa shape index (κ1) is 19.2. The molecule has 0 saturated heterocycles. The number of aryl methyl sites for hydroxylation is 1. The lowest BCUT2D eigenvalue weighted by atomic mass is 10.2. The van der Waals surface area contributed by atoms with Crippen LogP contribution in [-0.4, -0.2) is 34.9 Å². The van der Waals surface area contributed by atoms with E-state index in [2.05, 4.69) is 15.4 Å². The molecular weight excluding hydrogens is 356 g/mol. The Bertz CT molecular complexity index is 981. The first-order chi connectivity index (χ1) is 13.6. The van der Waals surface area contributed by atoms with Gasteiger partial charge in [0.05, 0.1) is 32.2 Å². The number of nitrogens with zero attached hydrogens (tertiary/aromatic N) is 3. The van der Waals surface area contributed by atoms with E-state index in [4.69, 9.17) is 9.47 Å². The van der Waals surface area contributed by atoms with Gasteiger partial charge in [-0.3, -0.25) is 14.5 Å². The first-order valence-electron chi connectivity index (χ1n) is 8.73. The fourth-order valence-electron chi connectivity index (χ4n) is 2.68. The van der Waals surface area contributed by atoms with Crippen molar-refractivity contribution in [3.8, 4) is 22.9 Å². The van der Waals surface area contributed by atoms with Gasteiger partial charge in [0.2, 0.25) is 5.91 Å². The van der Waals surface area contributed by atoms with Gasteiger partial charge in [0.25, 0.3) is 0 Å². The minimum Gasteiger partial charge on any atom is -0.493 e. The van der Waals surface area contributed by atoms with Crippen LogP contribution in [0.4, 0.5) is 0 Å². The summed E-state index contributed by atoms with van der Waals surface area (Å²) in [7, 11) is 5.00. The lowest BCUT2D eigenvalue weighted by Gasteiger charge is -2.07. The smallest absolute Gasteiger partial charge is 0.244 e. The second-order valence-corrected chi connectivity index (χ2v) is 6.03. The number of hydrogen-bond donors (Lipinski definition) is 1. The van der Waals surface area contributed by atoms with E-state index >= 15 is 0 Å². The van der Waals surface area contributed by atoms with E-state index in [1.165, 1.54) is 6.08 Å². The Morgan fingerprint density at radius 1 is 1.11 bits per heavy atom. The summed E-state index contributed by atoms with van der Waals surface area (Å²) in [5.41, 5.74) is 3.29. The van der Waals surface area contributed by atoms with Gasteiger partial charge < -0.3 is 14.8 Å². The monoisotopic (exact) mass is 378 g/mol. The summed E-state index contributed by atoms with van der Waals surface area (Å²) in [5, 5.41) is 7.31. The number of rotatable bonds is 7. The molecule has 0 aliphatic heterocycles. The lowest BCUT2D eigenvalue weighted by Crippen LogP contribution is -2.21. The molecule has 2 aromatic heterocycles. The van der Waals surface area contributed by atoms with Crippen LogP contribution in [-0.2, 0) is 18.4 Å². The van der Waals surface area contributed by atoms with Gasteiger partial charge in [0.1, 0.15) is 5.69 Å². The maximum atomic E-state index is 12.2. The van der Waals surface area contributed by atoms with Crippen molar-refractivity contribution >= 4 is 12.0 Å². The van der Waals surface area contributed by atoms with Crippen LogP contribution in [0, 0.1) is 0 Å². The van der Waals surface area contributed by atoms with E-state index in [0.717, 1.165) is 22.6 Å². The van der Waals surface area contributed by atoms with Crippen molar-refractivity contribution in [1.82, 2.24) is 20.1 Å². The van der Waals surface area contributed by atoms with Crippen LogP contribution in [0.25, 0.3) is 17.5 Å². The number of aromatic nitrogens is 3. The van der Waals surface area contributed by atoms with E-state index < -0.39 is 0 Å². The third kappa shape index (κ3) is 4.56. The molecule has 0 aliphatic carbocycles. The molecule has 7 heteroatoms. The zero-order valence-electron chi connectivity index (χ0n) is 16.0. The summed E-state index contributed by atoms with van der Waals surface area (Å²) < 4.78 is 12.2. The van der Waals surface area contributed by atoms with E-state index in [1.807, 2.05) is 43.4 Å². The highest BCUT2D eigenvalue weighted by atomic mass is 16.5. The quantitative estimate of drug-likeness (QED) is 0.640. The topological polar surface area (TPSA) is 78.3 Å². The van der Waals surface area contributed by atoms with Gasteiger partial charge in [0.15, 0.2) is 11.5 Å². The van der Waals surface area contributed by atoms with Gasteiger partial charge in [-0.25, -0.2) is 0 Å². The Balaban J connectivity index is 1.62. The number of carbonyl (C=O) groups is 1. The third-order valence-corrected chi connectivity index (χ3v) is 4.18. The van der Waals surface area contributed by atoms with Crippen molar-refractivity contribution in [3.05, 3.63) is 66.0 Å². The number of carbonyl (C=O) groups excluding carboxylic acids is 1. The average molecular weight is 378 g/mol. The summed E-state index contributed by atoms with van der Waals surface area (Å²) in [6.45, 7) is 0.367. The Hall–Kier alpha value is -3.61. The van der Waals surface area contributed by atoms with E-state index in [0.29, 0.717) is 18.0 Å². The van der Waals surface area contributed by atoms with Crippen LogP contribution in [0.3, 0.4) is 0 Å². The van der Waals surface area contributed by atoms with Crippen LogP contribution in [0.5, 0.6) is 11.5 Å². The van der Waals surface area contributed by atoms with Crippen LogP contribution in [0.15, 0.2) is 54.7 Å². The van der Waals surface area contributed by atoms with Gasteiger partial charge in [-0.05, 0) is 42.0 Å². The van der Waals surface area contributed by atoms with Crippen molar-refractivity contribution < 1.29 is 14.3 Å². The highest BCUT2D eigenvalue weighted by molar-refractivity contribution is 5.91. The van der Waals surface area contributed by atoms with E-state index in [9.17, 15) is 4.79 Å². The molecule has 1 N–H and O–H groups in total. The predicted molar refractivity (Wildman–Crippen MR) is 107 cm³/mol. The van der Waals surface area contributed by atoms with Gasteiger partial charge in [-0.1, -0.05) is 12.1 Å². The summed E-state index contributed by atoms with van der Waals surface area (Å²) in [6.07, 6.45) is 4.93. The second kappa shape index (κ2) is 8.85. The second-order valence-electron chi connectivity index (χ2n) is 6.03. The Morgan fingerprint density at radius 2 is 1.93 bits per heavy atom. The number of methoxy groups -OCH3 is 2. The SMILES string of the molecule is COc1ccc(/C=C/C(=O)NCc2cc(-c3ccccn3)nn2C)cc1OC. The molecule has 3 aromatic rings. The first-order valence-corrected chi connectivity index (χ1v) is 8.73. The van der Waals surface area contributed by atoms with Gasteiger partial charge in [-0.15, -0.1) is 0 Å². The van der Waals surface area contributed by atoms with Crippen LogP contribution in [0.2, 0.25) is 0 Å². The van der Waals surface area contributed by atoms with Crippen LogP contribution < -0.4 is 14.8 Å². The molecule has 2 heterocycles.